The number of amides is 2. The topological polar surface area (TPSA) is 122 Å². The second-order valence-electron chi connectivity index (χ2n) is 7.70. The smallest absolute Gasteiger partial charge is 0.251 e. The van der Waals surface area contributed by atoms with E-state index in [0.717, 1.165) is 34.1 Å². The fourth-order valence-electron chi connectivity index (χ4n) is 3.29. The standard InChI is InChI=1S/C23H25N7O3S/c1-29(2)30(33)19-8-4-7-17(10-19)22(32)24-13-21(31)28-23-27-20(14-34-23)16-6-3-5-15(9-16)18-11-25-26-12-18/h3-11,14,25-26,33H,12-13H2,1-2H3,(H,24,32)(H,27,28,31). The van der Waals surface area contributed by atoms with Crippen LogP contribution >= 0.6 is 11.3 Å². The van der Waals surface area contributed by atoms with Crippen molar-refractivity contribution in [2.75, 3.05) is 37.7 Å². The molecular formula is C23H25N7O3S. The summed E-state index contributed by atoms with van der Waals surface area (Å²) in [6.07, 6.45) is 1.93. The minimum Gasteiger partial charge on any atom is -0.343 e. The molecule has 2 amide bonds. The van der Waals surface area contributed by atoms with E-state index in [1.807, 2.05) is 29.8 Å². The summed E-state index contributed by atoms with van der Waals surface area (Å²) < 4.78 is 0. The van der Waals surface area contributed by atoms with Gasteiger partial charge in [0.05, 0.1) is 17.9 Å². The lowest BCUT2D eigenvalue weighted by atomic mass is 10.0. The first-order chi connectivity index (χ1) is 16.4. The van der Waals surface area contributed by atoms with Crippen molar-refractivity contribution in [3.63, 3.8) is 0 Å². The van der Waals surface area contributed by atoms with E-state index in [1.54, 1.807) is 32.3 Å². The highest BCUT2D eigenvalue weighted by Crippen LogP contribution is 2.27. The van der Waals surface area contributed by atoms with Crippen molar-refractivity contribution in [1.82, 2.24) is 26.2 Å². The molecule has 0 saturated heterocycles. The number of thiazole rings is 1. The minimum absolute atomic E-state index is 0.210. The second-order valence-corrected chi connectivity index (χ2v) is 8.56. The number of nitrogens with zero attached hydrogens (tertiary/aromatic N) is 3. The molecule has 1 aliphatic rings. The Balaban J connectivity index is 1.34. The average Bonchev–Trinajstić information content (AvgIpc) is 3.55. The van der Waals surface area contributed by atoms with Crippen LogP contribution in [-0.2, 0) is 4.79 Å². The normalized spacial score (nSPS) is 12.8. The maximum atomic E-state index is 12.4. The maximum absolute atomic E-state index is 12.4. The fourth-order valence-corrected chi connectivity index (χ4v) is 4.03. The Morgan fingerprint density at radius 1 is 1.15 bits per heavy atom. The van der Waals surface area contributed by atoms with E-state index in [1.165, 1.54) is 22.4 Å². The Morgan fingerprint density at radius 2 is 1.94 bits per heavy atom. The van der Waals surface area contributed by atoms with Gasteiger partial charge in [-0.3, -0.25) is 14.8 Å². The second kappa shape index (κ2) is 10.4. The van der Waals surface area contributed by atoms with Crippen LogP contribution in [0, 0.1) is 0 Å². The SMILES string of the molecule is CN(C)N(O)c1cccc(C(=O)NCC(=O)Nc2nc(-c3cccc(C4=CNNC4)c3)cs2)c1. The first kappa shape index (κ1) is 23.4. The van der Waals surface area contributed by atoms with Crippen LogP contribution in [0.2, 0.25) is 0 Å². The van der Waals surface area contributed by atoms with Crippen LogP contribution in [-0.4, -0.2) is 54.2 Å². The van der Waals surface area contributed by atoms with E-state index in [-0.39, 0.29) is 12.5 Å². The number of rotatable bonds is 8. The van der Waals surface area contributed by atoms with E-state index in [4.69, 9.17) is 0 Å². The van der Waals surface area contributed by atoms with Crippen molar-refractivity contribution < 1.29 is 14.8 Å². The van der Waals surface area contributed by atoms with E-state index < -0.39 is 5.91 Å². The number of carbonyl (C=O) groups is 2. The molecule has 0 unspecified atom stereocenters. The minimum atomic E-state index is -0.425. The highest BCUT2D eigenvalue weighted by molar-refractivity contribution is 7.14. The Hall–Kier alpha value is -3.77. The predicted octanol–water partition coefficient (Wildman–Crippen LogP) is 2.30. The van der Waals surface area contributed by atoms with Gasteiger partial charge < -0.3 is 16.1 Å². The molecule has 11 heteroatoms. The summed E-state index contributed by atoms with van der Waals surface area (Å²) in [6.45, 7) is 0.532. The van der Waals surface area contributed by atoms with Gasteiger partial charge >= 0.3 is 0 Å². The van der Waals surface area contributed by atoms with Gasteiger partial charge in [0.15, 0.2) is 5.13 Å². The summed E-state index contributed by atoms with van der Waals surface area (Å²) in [5.41, 5.74) is 10.7. The van der Waals surface area contributed by atoms with E-state index >= 15 is 0 Å². The molecule has 0 bridgehead atoms. The summed E-state index contributed by atoms with van der Waals surface area (Å²) in [6, 6.07) is 14.5. The van der Waals surface area contributed by atoms with Crippen molar-refractivity contribution in [1.29, 1.82) is 0 Å². The van der Waals surface area contributed by atoms with Gasteiger partial charge in [-0.25, -0.2) is 15.4 Å². The van der Waals surface area contributed by atoms with E-state index in [0.29, 0.717) is 16.4 Å². The third kappa shape index (κ3) is 5.58. The maximum Gasteiger partial charge on any atom is 0.251 e. The van der Waals surface area contributed by atoms with Gasteiger partial charge in [-0.15, -0.1) is 11.3 Å². The molecule has 4 rings (SSSR count). The third-order valence-corrected chi connectivity index (χ3v) is 5.79. The number of anilines is 2. The van der Waals surface area contributed by atoms with Crippen LogP contribution in [0.4, 0.5) is 10.8 Å². The van der Waals surface area contributed by atoms with Gasteiger partial charge in [0, 0.05) is 43.3 Å². The molecule has 10 nitrogen and oxygen atoms in total. The summed E-state index contributed by atoms with van der Waals surface area (Å²) in [7, 11) is 3.33. The highest BCUT2D eigenvalue weighted by atomic mass is 32.1. The zero-order valence-corrected chi connectivity index (χ0v) is 19.5. The zero-order valence-electron chi connectivity index (χ0n) is 18.7. The lowest BCUT2D eigenvalue weighted by molar-refractivity contribution is -0.115. The third-order valence-electron chi connectivity index (χ3n) is 5.03. The number of carbonyl (C=O) groups excluding carboxylic acids is 2. The molecule has 1 aliphatic heterocycles. The molecule has 0 radical (unpaired) electrons. The number of nitrogens with one attached hydrogen (secondary N) is 4. The van der Waals surface area contributed by atoms with Gasteiger partial charge in [0.1, 0.15) is 0 Å². The molecule has 2 aromatic carbocycles. The summed E-state index contributed by atoms with van der Waals surface area (Å²) in [5, 5.41) is 20.0. The molecule has 0 aliphatic carbocycles. The Labute approximate surface area is 200 Å². The predicted molar refractivity (Wildman–Crippen MR) is 132 cm³/mol. The van der Waals surface area contributed by atoms with Gasteiger partial charge in [-0.2, -0.15) is 5.17 Å². The molecule has 3 aromatic rings. The summed E-state index contributed by atoms with van der Waals surface area (Å²) in [4.78, 5) is 29.3. The van der Waals surface area contributed by atoms with Crippen LogP contribution in [0.1, 0.15) is 15.9 Å². The number of hydrazine groups is 2. The van der Waals surface area contributed by atoms with Crippen molar-refractivity contribution >= 4 is 39.5 Å². The van der Waals surface area contributed by atoms with Gasteiger partial charge in [-0.1, -0.05) is 24.3 Å². The molecule has 1 aromatic heterocycles. The quantitative estimate of drug-likeness (QED) is 0.312. The van der Waals surface area contributed by atoms with Gasteiger partial charge in [0.25, 0.3) is 5.91 Å². The molecule has 176 valence electrons. The van der Waals surface area contributed by atoms with Crippen molar-refractivity contribution in [2.24, 2.45) is 0 Å². The van der Waals surface area contributed by atoms with Crippen LogP contribution in [0.5, 0.6) is 0 Å². The van der Waals surface area contributed by atoms with Crippen LogP contribution < -0.4 is 26.7 Å². The van der Waals surface area contributed by atoms with Crippen molar-refractivity contribution in [3.8, 4) is 11.3 Å². The van der Waals surface area contributed by atoms with E-state index in [2.05, 4.69) is 32.5 Å². The molecular weight excluding hydrogens is 454 g/mol. The van der Waals surface area contributed by atoms with Crippen LogP contribution in [0.3, 0.4) is 0 Å². The van der Waals surface area contributed by atoms with Gasteiger partial charge in [-0.05, 0) is 35.4 Å². The number of aromatic nitrogens is 1. The first-order valence-electron chi connectivity index (χ1n) is 10.5. The van der Waals surface area contributed by atoms with Gasteiger partial charge in [0.2, 0.25) is 5.91 Å². The summed E-state index contributed by atoms with van der Waals surface area (Å²) >= 11 is 1.32. The number of hydrogen-bond donors (Lipinski definition) is 5. The zero-order chi connectivity index (χ0) is 24.1. The fraction of sp³-hybridized carbons (Fsp3) is 0.174. The highest BCUT2D eigenvalue weighted by Gasteiger charge is 2.14. The molecule has 5 N–H and O–H groups in total. The van der Waals surface area contributed by atoms with Crippen LogP contribution in [0.25, 0.3) is 16.8 Å². The lowest BCUT2D eigenvalue weighted by Gasteiger charge is -2.23. The lowest BCUT2D eigenvalue weighted by Crippen LogP contribution is -2.34. The van der Waals surface area contributed by atoms with E-state index in [9.17, 15) is 14.8 Å². The average molecular weight is 480 g/mol. The number of hydrogen-bond acceptors (Lipinski definition) is 9. The first-order valence-corrected chi connectivity index (χ1v) is 11.4. The molecule has 0 fully saturated rings. The molecule has 34 heavy (non-hydrogen) atoms. The molecule has 0 atom stereocenters. The van der Waals surface area contributed by atoms with Crippen molar-refractivity contribution in [3.05, 3.63) is 71.2 Å². The molecule has 2 heterocycles. The van der Waals surface area contributed by atoms with Crippen molar-refractivity contribution in [2.45, 2.75) is 0 Å². The Bertz CT molecular complexity index is 1220. The molecule has 0 spiro atoms. The Kier molecular flexibility index (Phi) is 7.18. The number of benzene rings is 2. The van der Waals surface area contributed by atoms with Crippen LogP contribution in [0.15, 0.2) is 60.1 Å². The summed E-state index contributed by atoms with van der Waals surface area (Å²) in [5.74, 6) is -0.810. The largest absolute Gasteiger partial charge is 0.343 e. The Morgan fingerprint density at radius 3 is 2.71 bits per heavy atom. The molecule has 0 saturated carbocycles. The monoisotopic (exact) mass is 479 g/mol.